The maximum absolute atomic E-state index is 12.6. The first kappa shape index (κ1) is 15.5. The lowest BCUT2D eigenvalue weighted by Gasteiger charge is -2.37. The Balaban J connectivity index is 1.92. The minimum atomic E-state index is 0.0155. The fourth-order valence-corrected chi connectivity index (χ4v) is 3.04. The van der Waals surface area contributed by atoms with Gasteiger partial charge < -0.3 is 10.2 Å². The number of hydrogen-bond donors (Lipinski definition) is 1. The molecule has 1 atom stereocenters. The fourth-order valence-electron chi connectivity index (χ4n) is 3.04. The van der Waals surface area contributed by atoms with Gasteiger partial charge in [-0.15, -0.1) is 0 Å². The molecule has 1 unspecified atom stereocenters. The third-order valence-electron chi connectivity index (χ3n) is 4.54. The average Bonchev–Trinajstić information content (AvgIpc) is 2.46. The zero-order chi connectivity index (χ0) is 14.8. The third-order valence-corrected chi connectivity index (χ3v) is 4.54. The van der Waals surface area contributed by atoms with E-state index in [1.54, 1.807) is 0 Å². The average molecular weight is 279 g/mol. The fraction of sp³-hybridized carbons (Fsp3) is 0.812. The van der Waals surface area contributed by atoms with Gasteiger partial charge >= 0.3 is 0 Å². The summed E-state index contributed by atoms with van der Waals surface area (Å²) in [4.78, 5) is 16.9. The van der Waals surface area contributed by atoms with E-state index in [1.165, 1.54) is 5.57 Å². The highest BCUT2D eigenvalue weighted by Crippen LogP contribution is 2.30. The van der Waals surface area contributed by atoms with E-state index in [0.717, 1.165) is 45.7 Å². The third kappa shape index (κ3) is 3.61. The smallest absolute Gasteiger partial charge is 0.239 e. The van der Waals surface area contributed by atoms with E-state index in [9.17, 15) is 4.79 Å². The minimum Gasteiger partial charge on any atom is -0.337 e. The Bertz CT molecular complexity index is 378. The zero-order valence-electron chi connectivity index (χ0n) is 13.4. The van der Waals surface area contributed by atoms with Crippen LogP contribution in [0.3, 0.4) is 0 Å². The van der Waals surface area contributed by atoms with Crippen molar-refractivity contribution in [1.29, 1.82) is 0 Å². The van der Waals surface area contributed by atoms with E-state index in [1.807, 2.05) is 4.90 Å². The number of hydrogen-bond acceptors (Lipinski definition) is 3. The van der Waals surface area contributed by atoms with Crippen molar-refractivity contribution in [1.82, 2.24) is 15.1 Å². The first-order valence-corrected chi connectivity index (χ1v) is 7.82. The van der Waals surface area contributed by atoms with Gasteiger partial charge in [-0.05, 0) is 18.8 Å². The standard InChI is InChI=1S/C16H29N3O/c1-13(18-11-7-17-8-12-18)15(20)19-9-5-14(6-10-19)16(2,3)4/h5,13,17H,6-12H2,1-4H3. The monoisotopic (exact) mass is 279 g/mol. The summed E-state index contributed by atoms with van der Waals surface area (Å²) in [6, 6.07) is 0.0155. The molecule has 4 nitrogen and oxygen atoms in total. The van der Waals surface area contributed by atoms with Gasteiger partial charge in [0.15, 0.2) is 0 Å². The summed E-state index contributed by atoms with van der Waals surface area (Å²) in [6.45, 7) is 14.4. The van der Waals surface area contributed by atoms with E-state index >= 15 is 0 Å². The van der Waals surface area contributed by atoms with Crippen LogP contribution in [0.25, 0.3) is 0 Å². The number of piperazine rings is 1. The Labute approximate surface area is 123 Å². The molecule has 4 heteroatoms. The van der Waals surface area contributed by atoms with Gasteiger partial charge in [0.05, 0.1) is 6.04 Å². The van der Waals surface area contributed by atoms with Gasteiger partial charge in [-0.3, -0.25) is 9.69 Å². The molecule has 0 radical (unpaired) electrons. The van der Waals surface area contributed by atoms with Crippen LogP contribution in [0.4, 0.5) is 0 Å². The maximum Gasteiger partial charge on any atom is 0.239 e. The molecule has 2 aliphatic rings. The molecule has 114 valence electrons. The number of nitrogens with zero attached hydrogens (tertiary/aromatic N) is 2. The highest BCUT2D eigenvalue weighted by molar-refractivity contribution is 5.81. The summed E-state index contributed by atoms with van der Waals surface area (Å²) in [7, 11) is 0. The van der Waals surface area contributed by atoms with E-state index in [0.29, 0.717) is 0 Å². The topological polar surface area (TPSA) is 35.6 Å². The summed E-state index contributed by atoms with van der Waals surface area (Å²) in [5, 5.41) is 3.33. The molecule has 0 spiro atoms. The van der Waals surface area contributed by atoms with Gasteiger partial charge in [0.1, 0.15) is 0 Å². The maximum atomic E-state index is 12.6. The summed E-state index contributed by atoms with van der Waals surface area (Å²) in [5.41, 5.74) is 1.72. The zero-order valence-corrected chi connectivity index (χ0v) is 13.4. The summed E-state index contributed by atoms with van der Waals surface area (Å²) in [6.07, 6.45) is 3.27. The van der Waals surface area contributed by atoms with Crippen LogP contribution >= 0.6 is 0 Å². The number of carbonyl (C=O) groups excluding carboxylic acids is 1. The Morgan fingerprint density at radius 1 is 1.25 bits per heavy atom. The molecule has 20 heavy (non-hydrogen) atoms. The number of amides is 1. The molecule has 0 aliphatic carbocycles. The van der Waals surface area contributed by atoms with Gasteiger partial charge in [0.2, 0.25) is 5.91 Å². The molecule has 1 fully saturated rings. The van der Waals surface area contributed by atoms with Crippen LogP contribution in [0.5, 0.6) is 0 Å². The second kappa shape index (κ2) is 6.27. The van der Waals surface area contributed by atoms with Crippen LogP contribution in [0, 0.1) is 5.41 Å². The molecular formula is C16H29N3O. The van der Waals surface area contributed by atoms with Crippen molar-refractivity contribution >= 4 is 5.91 Å². The molecular weight excluding hydrogens is 250 g/mol. The normalized spacial score (nSPS) is 23.4. The van der Waals surface area contributed by atoms with Crippen molar-refractivity contribution in [3.63, 3.8) is 0 Å². The van der Waals surface area contributed by atoms with Gasteiger partial charge in [-0.2, -0.15) is 0 Å². The summed E-state index contributed by atoms with van der Waals surface area (Å²) >= 11 is 0. The summed E-state index contributed by atoms with van der Waals surface area (Å²) < 4.78 is 0. The Morgan fingerprint density at radius 2 is 1.90 bits per heavy atom. The predicted octanol–water partition coefficient (Wildman–Crippen LogP) is 1.48. The van der Waals surface area contributed by atoms with E-state index in [4.69, 9.17) is 0 Å². The highest BCUT2D eigenvalue weighted by Gasteiger charge is 2.29. The molecule has 0 aromatic heterocycles. The van der Waals surface area contributed by atoms with Crippen molar-refractivity contribution in [3.8, 4) is 0 Å². The lowest BCUT2D eigenvalue weighted by Crippen LogP contribution is -2.54. The molecule has 0 bridgehead atoms. The van der Waals surface area contributed by atoms with Crippen LogP contribution in [-0.2, 0) is 4.79 Å². The van der Waals surface area contributed by atoms with Crippen molar-refractivity contribution in [3.05, 3.63) is 11.6 Å². The van der Waals surface area contributed by atoms with Crippen molar-refractivity contribution in [2.45, 2.75) is 40.2 Å². The molecule has 2 rings (SSSR count). The molecule has 0 aromatic rings. The Morgan fingerprint density at radius 3 is 2.40 bits per heavy atom. The van der Waals surface area contributed by atoms with Crippen molar-refractivity contribution in [2.75, 3.05) is 39.3 Å². The SMILES string of the molecule is CC(C(=O)N1CC=C(C(C)(C)C)CC1)N1CCNCC1. The number of carbonyl (C=O) groups is 1. The van der Waals surface area contributed by atoms with Crippen LogP contribution < -0.4 is 5.32 Å². The predicted molar refractivity (Wildman–Crippen MR) is 82.6 cm³/mol. The van der Waals surface area contributed by atoms with Crippen LogP contribution in [0.15, 0.2) is 11.6 Å². The first-order chi connectivity index (χ1) is 9.39. The summed E-state index contributed by atoms with van der Waals surface area (Å²) in [5.74, 6) is 0.288. The van der Waals surface area contributed by atoms with Crippen molar-refractivity contribution < 1.29 is 4.79 Å². The lowest BCUT2D eigenvalue weighted by molar-refractivity contribution is -0.136. The van der Waals surface area contributed by atoms with Gasteiger partial charge in [0, 0.05) is 39.3 Å². The van der Waals surface area contributed by atoms with Gasteiger partial charge in [0.25, 0.3) is 0 Å². The largest absolute Gasteiger partial charge is 0.337 e. The molecule has 2 heterocycles. The van der Waals surface area contributed by atoms with E-state index < -0.39 is 0 Å². The van der Waals surface area contributed by atoms with Gasteiger partial charge in [-0.1, -0.05) is 32.4 Å². The first-order valence-electron chi connectivity index (χ1n) is 7.82. The molecule has 1 N–H and O–H groups in total. The van der Waals surface area contributed by atoms with Crippen LogP contribution in [-0.4, -0.2) is 61.0 Å². The Hall–Kier alpha value is -0.870. The second-order valence-corrected chi connectivity index (χ2v) is 6.98. The molecule has 0 saturated carbocycles. The highest BCUT2D eigenvalue weighted by atomic mass is 16.2. The van der Waals surface area contributed by atoms with Gasteiger partial charge in [-0.25, -0.2) is 0 Å². The second-order valence-electron chi connectivity index (χ2n) is 6.98. The quantitative estimate of drug-likeness (QED) is 0.778. The molecule has 1 amide bonds. The van der Waals surface area contributed by atoms with E-state index in [2.05, 4.69) is 44.0 Å². The molecule has 0 aromatic carbocycles. The lowest BCUT2D eigenvalue weighted by atomic mass is 9.83. The molecule has 1 saturated heterocycles. The number of rotatable bonds is 2. The minimum absolute atomic E-state index is 0.0155. The van der Waals surface area contributed by atoms with Crippen LogP contribution in [0.2, 0.25) is 0 Å². The van der Waals surface area contributed by atoms with E-state index in [-0.39, 0.29) is 17.4 Å². The number of nitrogens with one attached hydrogen (secondary N) is 1. The Kier molecular flexibility index (Phi) is 4.86. The molecule has 2 aliphatic heterocycles. The van der Waals surface area contributed by atoms with Crippen LogP contribution in [0.1, 0.15) is 34.1 Å². The van der Waals surface area contributed by atoms with Crippen molar-refractivity contribution in [2.24, 2.45) is 5.41 Å².